The van der Waals surface area contributed by atoms with Gasteiger partial charge in [0.1, 0.15) is 0 Å². The highest BCUT2D eigenvalue weighted by molar-refractivity contribution is 7.15. The molecule has 1 amide bonds. The molecule has 0 fully saturated rings. The number of nitrogens with one attached hydrogen (secondary N) is 1. The molecule has 0 radical (unpaired) electrons. The number of nitrogens with zero attached hydrogens (tertiary/aromatic N) is 1. The maximum atomic E-state index is 11.5. The summed E-state index contributed by atoms with van der Waals surface area (Å²) >= 11 is 1.48. The third-order valence-corrected chi connectivity index (χ3v) is 2.54. The van der Waals surface area contributed by atoms with E-state index in [4.69, 9.17) is 0 Å². The van der Waals surface area contributed by atoms with Crippen LogP contribution in [0.3, 0.4) is 0 Å². The van der Waals surface area contributed by atoms with Gasteiger partial charge in [0.2, 0.25) is 0 Å². The monoisotopic (exact) mass is 210 g/mol. The van der Waals surface area contributed by atoms with Gasteiger partial charge in [-0.1, -0.05) is 13.0 Å². The van der Waals surface area contributed by atoms with Crippen LogP contribution in [0.25, 0.3) is 0 Å². The molecule has 0 saturated heterocycles. The summed E-state index contributed by atoms with van der Waals surface area (Å²) in [6.07, 6.45) is 4.52. The highest BCUT2D eigenvalue weighted by atomic mass is 32.1. The van der Waals surface area contributed by atoms with E-state index >= 15 is 0 Å². The lowest BCUT2D eigenvalue weighted by molar-refractivity contribution is -0.112. The van der Waals surface area contributed by atoms with Gasteiger partial charge in [-0.05, 0) is 20.3 Å². The van der Waals surface area contributed by atoms with Crippen LogP contribution in [0.5, 0.6) is 0 Å². The zero-order valence-electron chi connectivity index (χ0n) is 8.63. The predicted molar refractivity (Wildman–Crippen MR) is 59.5 cm³/mol. The van der Waals surface area contributed by atoms with E-state index in [1.54, 1.807) is 13.1 Å². The molecule has 0 bridgehead atoms. The zero-order chi connectivity index (χ0) is 10.6. The molecule has 0 aliphatic heterocycles. The molecule has 4 heteroatoms. The van der Waals surface area contributed by atoms with E-state index in [9.17, 15) is 4.79 Å². The molecule has 1 heterocycles. The highest BCUT2D eigenvalue weighted by Gasteiger charge is 2.06. The van der Waals surface area contributed by atoms with Crippen LogP contribution in [0.2, 0.25) is 0 Å². The van der Waals surface area contributed by atoms with Crippen LogP contribution in [0.15, 0.2) is 17.8 Å². The highest BCUT2D eigenvalue weighted by Crippen LogP contribution is 2.17. The smallest absolute Gasteiger partial charge is 0.252 e. The Morgan fingerprint density at radius 3 is 2.93 bits per heavy atom. The lowest BCUT2D eigenvalue weighted by Crippen LogP contribution is -2.12. The maximum absolute atomic E-state index is 11.5. The van der Waals surface area contributed by atoms with Gasteiger partial charge in [0, 0.05) is 16.6 Å². The minimum atomic E-state index is -0.0683. The molecule has 1 N–H and O–H groups in total. The summed E-state index contributed by atoms with van der Waals surface area (Å²) < 4.78 is 0. The van der Waals surface area contributed by atoms with Crippen molar-refractivity contribution in [1.82, 2.24) is 4.98 Å². The molecule has 0 spiro atoms. The lowest BCUT2D eigenvalue weighted by Gasteiger charge is -2.00. The summed E-state index contributed by atoms with van der Waals surface area (Å²) in [5.74, 6) is -0.0683. The molecule has 0 aliphatic rings. The van der Waals surface area contributed by atoms with Gasteiger partial charge in [-0.15, -0.1) is 11.3 Å². The Hall–Kier alpha value is -1.16. The Balaban J connectivity index is 2.61. The van der Waals surface area contributed by atoms with Gasteiger partial charge in [0.05, 0.1) is 0 Å². The van der Waals surface area contributed by atoms with E-state index in [0.29, 0.717) is 5.13 Å². The van der Waals surface area contributed by atoms with Crippen molar-refractivity contribution >= 4 is 22.4 Å². The van der Waals surface area contributed by atoms with Crippen molar-refractivity contribution in [3.63, 3.8) is 0 Å². The van der Waals surface area contributed by atoms with Gasteiger partial charge in [-0.25, -0.2) is 4.98 Å². The van der Waals surface area contributed by atoms with Gasteiger partial charge in [-0.2, -0.15) is 0 Å². The number of aromatic nitrogens is 1. The van der Waals surface area contributed by atoms with Crippen molar-refractivity contribution in [3.8, 4) is 0 Å². The van der Waals surface area contributed by atoms with Crippen molar-refractivity contribution in [2.24, 2.45) is 0 Å². The molecule has 14 heavy (non-hydrogen) atoms. The van der Waals surface area contributed by atoms with E-state index in [1.807, 2.05) is 19.9 Å². The first-order valence-corrected chi connectivity index (χ1v) is 5.35. The number of allylic oxidation sites excluding steroid dienone is 1. The second-order valence-electron chi connectivity index (χ2n) is 3.03. The van der Waals surface area contributed by atoms with E-state index in [1.165, 1.54) is 11.3 Å². The maximum Gasteiger partial charge on any atom is 0.252 e. The van der Waals surface area contributed by atoms with Crippen LogP contribution < -0.4 is 5.32 Å². The van der Waals surface area contributed by atoms with E-state index in [2.05, 4.69) is 10.3 Å². The fourth-order valence-corrected chi connectivity index (χ4v) is 1.67. The number of carbonyl (C=O) groups is 1. The second-order valence-corrected chi connectivity index (χ2v) is 4.26. The second kappa shape index (κ2) is 4.91. The molecule has 0 unspecified atom stereocenters. The number of rotatable bonds is 3. The average molecular weight is 210 g/mol. The predicted octanol–water partition coefficient (Wildman–Crippen LogP) is 2.75. The molecule has 0 aromatic carbocycles. The minimum Gasteiger partial charge on any atom is -0.298 e. The molecular formula is C10H14N2OS. The summed E-state index contributed by atoms with van der Waals surface area (Å²) in [6.45, 7) is 5.77. The first-order valence-electron chi connectivity index (χ1n) is 4.54. The van der Waals surface area contributed by atoms with Gasteiger partial charge >= 0.3 is 0 Å². The first-order chi connectivity index (χ1) is 6.63. The average Bonchev–Trinajstić information content (AvgIpc) is 2.51. The number of carbonyl (C=O) groups excluding carboxylic acids is 1. The number of thiazole rings is 1. The zero-order valence-corrected chi connectivity index (χ0v) is 9.44. The van der Waals surface area contributed by atoms with Crippen LogP contribution in [-0.4, -0.2) is 10.9 Å². The Bertz CT molecular complexity index is 355. The molecule has 1 rings (SSSR count). The van der Waals surface area contributed by atoms with Gasteiger partial charge in [0.25, 0.3) is 5.91 Å². The molecule has 0 aliphatic carbocycles. The summed E-state index contributed by atoms with van der Waals surface area (Å²) in [5, 5.41) is 3.41. The summed E-state index contributed by atoms with van der Waals surface area (Å²) in [7, 11) is 0. The van der Waals surface area contributed by atoms with E-state index in [-0.39, 0.29) is 5.91 Å². The molecule has 1 aromatic rings. The molecule has 1 aromatic heterocycles. The van der Waals surface area contributed by atoms with Crippen LogP contribution >= 0.6 is 11.3 Å². The molecule has 0 atom stereocenters. The first kappa shape index (κ1) is 10.9. The van der Waals surface area contributed by atoms with Crippen molar-refractivity contribution in [3.05, 3.63) is 22.7 Å². The van der Waals surface area contributed by atoms with Crippen LogP contribution in [0.1, 0.15) is 25.1 Å². The number of aryl methyl sites for hydroxylation is 1. The van der Waals surface area contributed by atoms with Gasteiger partial charge in [0.15, 0.2) is 5.13 Å². The Morgan fingerprint density at radius 2 is 2.43 bits per heavy atom. The van der Waals surface area contributed by atoms with Crippen LogP contribution in [0.4, 0.5) is 5.13 Å². The van der Waals surface area contributed by atoms with Crippen molar-refractivity contribution < 1.29 is 4.79 Å². The van der Waals surface area contributed by atoms with Crippen molar-refractivity contribution in [2.45, 2.75) is 27.2 Å². The quantitative estimate of drug-likeness (QED) is 0.779. The molecule has 76 valence electrons. The topological polar surface area (TPSA) is 42.0 Å². The Labute approximate surface area is 87.9 Å². The van der Waals surface area contributed by atoms with Gasteiger partial charge in [-0.3, -0.25) is 10.1 Å². The van der Waals surface area contributed by atoms with E-state index < -0.39 is 0 Å². The lowest BCUT2D eigenvalue weighted by atomic mass is 10.2. The number of amides is 1. The fraction of sp³-hybridized carbons (Fsp3) is 0.400. The SMILES string of the molecule is CC/C=C(/C)C(=O)Nc1ncc(C)s1. The number of anilines is 1. The third kappa shape index (κ3) is 2.96. The van der Waals surface area contributed by atoms with Crippen molar-refractivity contribution in [1.29, 1.82) is 0 Å². The Morgan fingerprint density at radius 1 is 1.71 bits per heavy atom. The summed E-state index contributed by atoms with van der Waals surface area (Å²) in [5.41, 5.74) is 0.736. The third-order valence-electron chi connectivity index (χ3n) is 1.71. The van der Waals surface area contributed by atoms with Crippen LogP contribution in [0, 0.1) is 6.92 Å². The molecule has 0 saturated carbocycles. The normalized spacial score (nSPS) is 11.5. The fourth-order valence-electron chi connectivity index (χ4n) is 1.01. The van der Waals surface area contributed by atoms with Crippen LogP contribution in [-0.2, 0) is 4.79 Å². The standard InChI is InChI=1S/C10H14N2OS/c1-4-5-7(2)9(13)12-10-11-6-8(3)14-10/h5-6H,4H2,1-3H3,(H,11,12,13)/b7-5-. The van der Waals surface area contributed by atoms with Crippen molar-refractivity contribution in [2.75, 3.05) is 5.32 Å². The largest absolute Gasteiger partial charge is 0.298 e. The molecular weight excluding hydrogens is 196 g/mol. The van der Waals surface area contributed by atoms with Gasteiger partial charge < -0.3 is 0 Å². The minimum absolute atomic E-state index is 0.0683. The number of hydrogen-bond acceptors (Lipinski definition) is 3. The molecule has 3 nitrogen and oxygen atoms in total. The Kier molecular flexibility index (Phi) is 3.83. The number of hydrogen-bond donors (Lipinski definition) is 1. The summed E-state index contributed by atoms with van der Waals surface area (Å²) in [6, 6.07) is 0. The van der Waals surface area contributed by atoms with E-state index in [0.717, 1.165) is 16.9 Å². The summed E-state index contributed by atoms with van der Waals surface area (Å²) in [4.78, 5) is 16.7.